The van der Waals surface area contributed by atoms with Crippen molar-refractivity contribution in [3.63, 3.8) is 0 Å². The van der Waals surface area contributed by atoms with Crippen LogP contribution in [-0.4, -0.2) is 44.7 Å². The monoisotopic (exact) mass is 315 g/mol. The van der Waals surface area contributed by atoms with Gasteiger partial charge in [0.05, 0.1) is 11.6 Å². The van der Waals surface area contributed by atoms with Crippen molar-refractivity contribution in [3.8, 4) is 0 Å². The lowest BCUT2D eigenvalue weighted by atomic mass is 10.2. The summed E-state index contributed by atoms with van der Waals surface area (Å²) in [5.41, 5.74) is 0.537. The summed E-state index contributed by atoms with van der Waals surface area (Å²) >= 11 is 5.72. The predicted octanol–water partition coefficient (Wildman–Crippen LogP) is -0.391. The molecule has 1 fully saturated rings. The summed E-state index contributed by atoms with van der Waals surface area (Å²) in [6.07, 6.45) is 0. The van der Waals surface area contributed by atoms with Crippen LogP contribution in [0, 0.1) is 5.82 Å². The number of quaternary nitrogens is 2. The number of likely N-dealkylation sites (N-methyl/N-ethyl adjacent to an activating group) is 1. The van der Waals surface area contributed by atoms with Gasteiger partial charge in [0.25, 0.3) is 5.91 Å². The fourth-order valence-electron chi connectivity index (χ4n) is 2.72. The van der Waals surface area contributed by atoms with Crippen molar-refractivity contribution < 1.29 is 19.0 Å². The Morgan fingerprint density at radius 1 is 1.38 bits per heavy atom. The molecule has 2 rings (SSSR count). The number of hydrogen-bond donors (Lipinski definition) is 3. The zero-order valence-electron chi connectivity index (χ0n) is 12.5. The lowest BCUT2D eigenvalue weighted by Gasteiger charge is -2.32. The third-order valence-electron chi connectivity index (χ3n) is 4.29. The highest BCUT2D eigenvalue weighted by atomic mass is 35.5. The number of benzene rings is 1. The van der Waals surface area contributed by atoms with Crippen molar-refractivity contribution in [2.24, 2.45) is 0 Å². The first kappa shape index (κ1) is 16.2. The predicted molar refractivity (Wildman–Crippen MR) is 81.4 cm³/mol. The van der Waals surface area contributed by atoms with Gasteiger partial charge in [-0.2, -0.15) is 0 Å². The summed E-state index contributed by atoms with van der Waals surface area (Å²) in [5.74, 6) is -0.528. The number of piperazine rings is 1. The first-order valence-electron chi connectivity index (χ1n) is 7.45. The number of amides is 1. The summed E-state index contributed by atoms with van der Waals surface area (Å²) in [4.78, 5) is 15.2. The molecule has 1 aliphatic rings. The molecule has 1 amide bonds. The Bertz CT molecular complexity index is 504. The van der Waals surface area contributed by atoms with Gasteiger partial charge in [-0.3, -0.25) is 4.79 Å². The highest BCUT2D eigenvalue weighted by Gasteiger charge is 2.30. The molecule has 0 aromatic heterocycles. The van der Waals surface area contributed by atoms with Crippen LogP contribution in [0.3, 0.4) is 0 Å². The lowest BCUT2D eigenvalue weighted by Crippen LogP contribution is -3.29. The molecule has 0 radical (unpaired) electrons. The van der Waals surface area contributed by atoms with Crippen molar-refractivity contribution in [3.05, 3.63) is 29.0 Å². The molecule has 0 unspecified atom stereocenters. The lowest BCUT2D eigenvalue weighted by molar-refractivity contribution is -1.02. The number of rotatable bonds is 4. The molecule has 4 nitrogen and oxygen atoms in total. The third-order valence-corrected chi connectivity index (χ3v) is 4.58. The number of halogens is 2. The van der Waals surface area contributed by atoms with E-state index in [4.69, 9.17) is 11.6 Å². The summed E-state index contributed by atoms with van der Waals surface area (Å²) in [5, 5.41) is 2.84. The van der Waals surface area contributed by atoms with E-state index in [1.54, 1.807) is 4.90 Å². The van der Waals surface area contributed by atoms with Crippen LogP contribution in [0.4, 0.5) is 10.1 Å². The Morgan fingerprint density at radius 2 is 2.05 bits per heavy atom. The van der Waals surface area contributed by atoms with Gasteiger partial charge >= 0.3 is 0 Å². The molecule has 1 saturated heterocycles. The van der Waals surface area contributed by atoms with Gasteiger partial charge < -0.3 is 15.1 Å². The van der Waals surface area contributed by atoms with E-state index < -0.39 is 5.82 Å². The Kier molecular flexibility index (Phi) is 5.56. The molecule has 21 heavy (non-hydrogen) atoms. The van der Waals surface area contributed by atoms with Crippen molar-refractivity contribution in [1.29, 1.82) is 0 Å². The second-order valence-electron chi connectivity index (χ2n) is 5.60. The highest BCUT2D eigenvalue weighted by molar-refractivity contribution is 6.31. The van der Waals surface area contributed by atoms with Gasteiger partial charge in [-0.1, -0.05) is 11.6 Å². The highest BCUT2D eigenvalue weighted by Crippen LogP contribution is 2.19. The summed E-state index contributed by atoms with van der Waals surface area (Å²) in [6, 6.07) is 4.11. The number of carbonyl (C=O) groups excluding carboxylic acids is 1. The van der Waals surface area contributed by atoms with Gasteiger partial charge in [0, 0.05) is 5.69 Å². The molecule has 6 heteroatoms. The van der Waals surface area contributed by atoms with Crippen LogP contribution < -0.4 is 15.1 Å². The van der Waals surface area contributed by atoms with Gasteiger partial charge in [0.2, 0.25) is 0 Å². The Hall–Kier alpha value is -1.17. The average molecular weight is 316 g/mol. The maximum absolute atomic E-state index is 13.1. The van der Waals surface area contributed by atoms with Gasteiger partial charge in [-0.05, 0) is 32.0 Å². The SMILES string of the molecule is CC[NH+]1CC[NH+]([C@@H](C)C(=O)Nc2ccc(F)c(Cl)c2)CC1. The van der Waals surface area contributed by atoms with E-state index in [2.05, 4.69) is 12.2 Å². The number of anilines is 1. The van der Waals surface area contributed by atoms with Crippen molar-refractivity contribution in [2.45, 2.75) is 19.9 Å². The van der Waals surface area contributed by atoms with Crippen LogP contribution in [0.25, 0.3) is 0 Å². The first-order chi connectivity index (χ1) is 10.0. The zero-order chi connectivity index (χ0) is 15.4. The molecule has 3 N–H and O–H groups in total. The second kappa shape index (κ2) is 7.20. The fourth-order valence-corrected chi connectivity index (χ4v) is 2.90. The molecular formula is C15H23ClFN3O+2. The van der Waals surface area contributed by atoms with E-state index in [-0.39, 0.29) is 17.0 Å². The van der Waals surface area contributed by atoms with Gasteiger partial charge in [0.15, 0.2) is 6.04 Å². The van der Waals surface area contributed by atoms with Crippen LogP contribution >= 0.6 is 11.6 Å². The smallest absolute Gasteiger partial charge is 0.282 e. The van der Waals surface area contributed by atoms with Crippen LogP contribution in [0.15, 0.2) is 18.2 Å². The molecule has 1 aromatic rings. The Morgan fingerprint density at radius 3 is 2.62 bits per heavy atom. The number of hydrogen-bond acceptors (Lipinski definition) is 1. The minimum atomic E-state index is -0.480. The largest absolute Gasteiger partial charge is 0.326 e. The molecule has 0 aliphatic carbocycles. The molecule has 1 aliphatic heterocycles. The minimum absolute atomic E-state index is 0.0213. The molecule has 116 valence electrons. The van der Waals surface area contributed by atoms with E-state index in [0.717, 1.165) is 32.7 Å². The third kappa shape index (κ3) is 4.15. The van der Waals surface area contributed by atoms with Gasteiger partial charge in [-0.25, -0.2) is 4.39 Å². The van der Waals surface area contributed by atoms with Crippen LogP contribution in [0.5, 0.6) is 0 Å². The maximum atomic E-state index is 13.1. The van der Waals surface area contributed by atoms with Crippen molar-refractivity contribution in [1.82, 2.24) is 0 Å². The fraction of sp³-hybridized carbons (Fsp3) is 0.533. The standard InChI is InChI=1S/C15H21ClFN3O/c1-3-19-6-8-20(9-7-19)11(2)15(21)18-12-4-5-14(17)13(16)10-12/h4-5,10-11H,3,6-9H2,1-2H3,(H,18,21)/p+2/t11-/m0/s1. The summed E-state index contributed by atoms with van der Waals surface area (Å²) in [7, 11) is 0. The maximum Gasteiger partial charge on any atom is 0.282 e. The van der Waals surface area contributed by atoms with E-state index in [0.29, 0.717) is 5.69 Å². The van der Waals surface area contributed by atoms with Crippen molar-refractivity contribution >= 4 is 23.2 Å². The Labute approximate surface area is 129 Å². The Balaban J connectivity index is 1.92. The number of nitrogens with one attached hydrogen (secondary N) is 3. The van der Waals surface area contributed by atoms with Crippen molar-refractivity contribution in [2.75, 3.05) is 38.0 Å². The van der Waals surface area contributed by atoms with E-state index in [1.807, 2.05) is 6.92 Å². The molecule has 1 aromatic carbocycles. The second-order valence-corrected chi connectivity index (χ2v) is 6.01. The normalized spacial score (nSPS) is 23.6. The minimum Gasteiger partial charge on any atom is -0.326 e. The molecule has 0 bridgehead atoms. The quantitative estimate of drug-likeness (QED) is 0.696. The molecule has 0 spiro atoms. The summed E-state index contributed by atoms with van der Waals surface area (Å²) < 4.78 is 13.1. The van der Waals surface area contributed by atoms with Crippen LogP contribution in [0.1, 0.15) is 13.8 Å². The van der Waals surface area contributed by atoms with E-state index >= 15 is 0 Å². The van der Waals surface area contributed by atoms with Gasteiger partial charge in [-0.15, -0.1) is 0 Å². The topological polar surface area (TPSA) is 38.0 Å². The van der Waals surface area contributed by atoms with E-state index in [9.17, 15) is 9.18 Å². The number of carbonyl (C=O) groups is 1. The van der Waals surface area contributed by atoms with Crippen LogP contribution in [0.2, 0.25) is 5.02 Å². The van der Waals surface area contributed by atoms with Gasteiger partial charge in [0.1, 0.15) is 32.0 Å². The molecular weight excluding hydrogens is 293 g/mol. The zero-order valence-corrected chi connectivity index (χ0v) is 13.3. The molecule has 1 heterocycles. The van der Waals surface area contributed by atoms with Crippen LogP contribution in [-0.2, 0) is 4.79 Å². The molecule has 1 atom stereocenters. The first-order valence-corrected chi connectivity index (χ1v) is 7.83. The molecule has 0 saturated carbocycles. The van der Waals surface area contributed by atoms with E-state index in [1.165, 1.54) is 23.1 Å². The summed E-state index contributed by atoms with van der Waals surface area (Å²) in [6.45, 7) is 9.48. The average Bonchev–Trinajstić information content (AvgIpc) is 2.50.